The highest BCUT2D eigenvalue weighted by Gasteiger charge is 2.30. The first-order valence-electron chi connectivity index (χ1n) is 10.9. The normalized spacial score (nSPS) is 24.9. The molecule has 1 atom stereocenters. The minimum Gasteiger partial charge on any atom is -0.369 e. The summed E-state index contributed by atoms with van der Waals surface area (Å²) in [6, 6.07) is 4.01. The van der Waals surface area contributed by atoms with Crippen LogP contribution in [0.15, 0.2) is 18.2 Å². The predicted octanol–water partition coefficient (Wildman–Crippen LogP) is 4.69. The Bertz CT molecular complexity index is 726. The number of piperidine rings is 1. The maximum atomic E-state index is 13.2. The second-order valence-corrected chi connectivity index (χ2v) is 9.27. The van der Waals surface area contributed by atoms with Gasteiger partial charge in [-0.3, -0.25) is 9.59 Å². The average Bonchev–Trinajstić information content (AvgIpc) is 2.72. The topological polar surface area (TPSA) is 63.4 Å². The molecule has 1 aliphatic carbocycles. The first kappa shape index (κ1) is 22.2. The zero-order valence-electron chi connectivity index (χ0n) is 17.2. The van der Waals surface area contributed by atoms with Crippen LogP contribution >= 0.6 is 11.6 Å². The Balaban J connectivity index is 1.39. The summed E-state index contributed by atoms with van der Waals surface area (Å²) >= 11 is 6.06. The largest absolute Gasteiger partial charge is 0.369 e. The van der Waals surface area contributed by atoms with Gasteiger partial charge < -0.3 is 10.6 Å². The number of carbonyl (C=O) groups is 2. The Labute approximate surface area is 178 Å². The fourth-order valence-electron chi connectivity index (χ4n) is 4.90. The number of primary amides is 1. The highest BCUT2D eigenvalue weighted by molar-refractivity contribution is 6.34. The van der Waals surface area contributed by atoms with Crippen LogP contribution in [0.3, 0.4) is 0 Å². The Hall–Kier alpha value is -1.46. The third kappa shape index (κ3) is 5.79. The lowest BCUT2D eigenvalue weighted by molar-refractivity contribution is -0.123. The second-order valence-electron chi connectivity index (χ2n) is 8.86. The maximum Gasteiger partial charge on any atom is 0.220 e. The summed E-state index contributed by atoms with van der Waals surface area (Å²) in [5, 5.41) is 0.207. The van der Waals surface area contributed by atoms with Gasteiger partial charge in [0.25, 0.3) is 0 Å². The first-order chi connectivity index (χ1) is 13.8. The number of amides is 1. The van der Waals surface area contributed by atoms with Crippen molar-refractivity contribution >= 4 is 23.3 Å². The molecule has 0 bridgehead atoms. The molecule has 1 unspecified atom stereocenters. The maximum absolute atomic E-state index is 13.2. The highest BCUT2D eigenvalue weighted by Crippen LogP contribution is 2.35. The number of hydrogen-bond acceptors (Lipinski definition) is 3. The number of benzene rings is 1. The van der Waals surface area contributed by atoms with Crippen LogP contribution in [0.4, 0.5) is 4.39 Å². The minimum atomic E-state index is -0.417. The first-order valence-corrected chi connectivity index (χ1v) is 11.2. The van der Waals surface area contributed by atoms with Crippen LogP contribution in [0.5, 0.6) is 0 Å². The Morgan fingerprint density at radius 1 is 1.17 bits per heavy atom. The molecule has 1 aliphatic heterocycles. The third-order valence-electron chi connectivity index (χ3n) is 7.06. The minimum absolute atomic E-state index is 0.0119. The Morgan fingerprint density at radius 3 is 2.41 bits per heavy atom. The van der Waals surface area contributed by atoms with E-state index >= 15 is 0 Å². The summed E-state index contributed by atoms with van der Waals surface area (Å²) in [4.78, 5) is 26.6. The van der Waals surface area contributed by atoms with E-state index in [1.54, 1.807) is 0 Å². The van der Waals surface area contributed by atoms with Crippen LogP contribution in [-0.2, 0) is 4.79 Å². The summed E-state index contributed by atoms with van der Waals surface area (Å²) < 4.78 is 13.2. The van der Waals surface area contributed by atoms with Crippen LogP contribution in [-0.4, -0.2) is 36.2 Å². The molecule has 160 valence electrons. The molecule has 1 saturated heterocycles. The van der Waals surface area contributed by atoms with Crippen molar-refractivity contribution in [3.8, 4) is 0 Å². The lowest BCUT2D eigenvalue weighted by Crippen LogP contribution is -2.38. The van der Waals surface area contributed by atoms with E-state index in [1.165, 1.54) is 37.5 Å². The molecule has 6 heteroatoms. The van der Waals surface area contributed by atoms with Crippen molar-refractivity contribution in [2.45, 2.75) is 51.9 Å². The molecule has 4 nitrogen and oxygen atoms in total. The number of nitrogens with zero attached hydrogens (tertiary/aromatic N) is 1. The summed E-state index contributed by atoms with van der Waals surface area (Å²) in [5.41, 5.74) is 5.89. The van der Waals surface area contributed by atoms with E-state index in [2.05, 4.69) is 4.90 Å². The van der Waals surface area contributed by atoms with Crippen molar-refractivity contribution in [2.24, 2.45) is 29.4 Å². The van der Waals surface area contributed by atoms with E-state index in [0.717, 1.165) is 51.2 Å². The molecule has 0 radical (unpaired) electrons. The van der Waals surface area contributed by atoms with Crippen LogP contribution in [0.25, 0.3) is 0 Å². The SMILES string of the molecule is CC(C(N)=O)C1CCC(CCN2CCC(C(=O)c3ccc(F)cc3Cl)CC2)CC1. The van der Waals surface area contributed by atoms with Gasteiger partial charge >= 0.3 is 0 Å². The van der Waals surface area contributed by atoms with Crippen LogP contribution < -0.4 is 5.73 Å². The van der Waals surface area contributed by atoms with Gasteiger partial charge in [0.15, 0.2) is 5.78 Å². The van der Waals surface area contributed by atoms with Crippen LogP contribution in [0.2, 0.25) is 5.02 Å². The molecule has 0 aromatic heterocycles. The molecule has 0 spiro atoms. The van der Waals surface area contributed by atoms with Gasteiger partial charge in [-0.1, -0.05) is 31.4 Å². The van der Waals surface area contributed by atoms with Gasteiger partial charge in [-0.15, -0.1) is 0 Å². The van der Waals surface area contributed by atoms with Crippen LogP contribution in [0, 0.1) is 29.5 Å². The summed E-state index contributed by atoms with van der Waals surface area (Å²) in [7, 11) is 0. The van der Waals surface area contributed by atoms with Crippen molar-refractivity contribution in [3.63, 3.8) is 0 Å². The van der Waals surface area contributed by atoms with Crippen molar-refractivity contribution < 1.29 is 14.0 Å². The monoisotopic (exact) mass is 422 g/mol. The van der Waals surface area contributed by atoms with E-state index in [4.69, 9.17) is 17.3 Å². The summed E-state index contributed by atoms with van der Waals surface area (Å²) in [6.45, 7) is 4.86. The van der Waals surface area contributed by atoms with Crippen molar-refractivity contribution in [3.05, 3.63) is 34.6 Å². The average molecular weight is 423 g/mol. The fourth-order valence-corrected chi connectivity index (χ4v) is 5.16. The van der Waals surface area contributed by atoms with Gasteiger partial charge in [0.1, 0.15) is 5.82 Å². The quantitative estimate of drug-likeness (QED) is 0.648. The van der Waals surface area contributed by atoms with E-state index in [0.29, 0.717) is 11.5 Å². The molecule has 3 rings (SSSR count). The van der Waals surface area contributed by atoms with Crippen molar-refractivity contribution in [2.75, 3.05) is 19.6 Å². The summed E-state index contributed by atoms with van der Waals surface area (Å²) in [5.74, 6) is 0.582. The van der Waals surface area contributed by atoms with Crippen molar-refractivity contribution in [1.82, 2.24) is 4.90 Å². The second kappa shape index (κ2) is 10.0. The van der Waals surface area contributed by atoms with Crippen molar-refractivity contribution in [1.29, 1.82) is 0 Å². The number of halogens is 2. The van der Waals surface area contributed by atoms with Gasteiger partial charge in [0, 0.05) is 17.4 Å². The zero-order chi connectivity index (χ0) is 21.0. The summed E-state index contributed by atoms with van der Waals surface area (Å²) in [6.07, 6.45) is 7.40. The number of likely N-dealkylation sites (tertiary alicyclic amines) is 1. The van der Waals surface area contributed by atoms with Gasteiger partial charge in [0.05, 0.1) is 5.02 Å². The molecular weight excluding hydrogens is 391 g/mol. The van der Waals surface area contributed by atoms with E-state index in [1.807, 2.05) is 6.92 Å². The molecule has 1 amide bonds. The fraction of sp³-hybridized carbons (Fsp3) is 0.652. The Kier molecular flexibility index (Phi) is 7.69. The molecule has 1 saturated carbocycles. The molecule has 1 heterocycles. The van der Waals surface area contributed by atoms with E-state index in [9.17, 15) is 14.0 Å². The zero-order valence-corrected chi connectivity index (χ0v) is 18.0. The molecule has 29 heavy (non-hydrogen) atoms. The number of hydrogen-bond donors (Lipinski definition) is 1. The Morgan fingerprint density at radius 2 is 1.83 bits per heavy atom. The standard InChI is InChI=1S/C23H32ClFN2O2/c1-15(23(26)29)17-4-2-16(3-5-17)8-11-27-12-9-18(10-13-27)22(28)20-7-6-19(25)14-21(20)24/h6-7,14-18H,2-5,8-13H2,1H3,(H2,26,29). The van der Waals surface area contributed by atoms with Gasteiger partial charge in [-0.05, 0) is 81.8 Å². The number of rotatable bonds is 7. The third-order valence-corrected chi connectivity index (χ3v) is 7.37. The predicted molar refractivity (Wildman–Crippen MR) is 113 cm³/mol. The molecular formula is C23H32ClFN2O2. The molecule has 2 N–H and O–H groups in total. The van der Waals surface area contributed by atoms with Gasteiger partial charge in [-0.25, -0.2) is 4.39 Å². The highest BCUT2D eigenvalue weighted by atomic mass is 35.5. The number of Topliss-reactive ketones (excluding diaryl/α,β-unsaturated/α-hetero) is 1. The molecule has 2 fully saturated rings. The molecule has 2 aliphatic rings. The lowest BCUT2D eigenvalue weighted by atomic mass is 9.75. The van der Waals surface area contributed by atoms with Crippen LogP contribution in [0.1, 0.15) is 62.2 Å². The smallest absolute Gasteiger partial charge is 0.220 e. The van der Waals surface area contributed by atoms with E-state index in [-0.39, 0.29) is 28.5 Å². The number of ketones is 1. The number of carbonyl (C=O) groups excluding carboxylic acids is 2. The number of nitrogens with two attached hydrogens (primary N) is 1. The lowest BCUT2D eigenvalue weighted by Gasteiger charge is -2.34. The molecule has 1 aromatic carbocycles. The van der Waals surface area contributed by atoms with Gasteiger partial charge in [-0.2, -0.15) is 0 Å². The molecule has 1 aromatic rings. The van der Waals surface area contributed by atoms with Gasteiger partial charge in [0.2, 0.25) is 5.91 Å². The van der Waals surface area contributed by atoms with E-state index < -0.39 is 5.82 Å².